The molecule has 0 aliphatic carbocycles. The minimum absolute atomic E-state index is 0.0247. The van der Waals surface area contributed by atoms with Crippen molar-refractivity contribution in [3.8, 4) is 5.75 Å². The first kappa shape index (κ1) is 15.8. The van der Waals surface area contributed by atoms with Gasteiger partial charge in [-0.15, -0.1) is 0 Å². The van der Waals surface area contributed by atoms with Gasteiger partial charge in [-0.1, -0.05) is 12.1 Å². The van der Waals surface area contributed by atoms with E-state index < -0.39 is 11.7 Å². The summed E-state index contributed by atoms with van der Waals surface area (Å²) >= 11 is 0. The number of carbonyl (C=O) groups is 1. The van der Waals surface area contributed by atoms with Gasteiger partial charge in [0, 0.05) is 12.8 Å². The number of para-hydroxylation sites is 1. The van der Waals surface area contributed by atoms with Gasteiger partial charge in [-0.2, -0.15) is 0 Å². The highest BCUT2D eigenvalue weighted by atomic mass is 19.1. The Labute approximate surface area is 127 Å². The molecule has 5 nitrogen and oxygen atoms in total. The molecule has 0 radical (unpaired) electrons. The van der Waals surface area contributed by atoms with Crippen molar-refractivity contribution in [1.29, 1.82) is 0 Å². The number of hydrogen-bond donors (Lipinski definition) is 2. The second kappa shape index (κ2) is 7.42. The van der Waals surface area contributed by atoms with Crippen molar-refractivity contribution in [2.75, 3.05) is 31.4 Å². The zero-order chi connectivity index (χ0) is 15.9. The van der Waals surface area contributed by atoms with Gasteiger partial charge in [-0.3, -0.25) is 4.79 Å². The van der Waals surface area contributed by atoms with E-state index in [4.69, 9.17) is 15.2 Å². The molecule has 22 heavy (non-hydrogen) atoms. The van der Waals surface area contributed by atoms with Crippen molar-refractivity contribution in [3.63, 3.8) is 0 Å². The molecule has 2 aromatic rings. The zero-order valence-corrected chi connectivity index (χ0v) is 12.1. The molecule has 0 spiro atoms. The van der Waals surface area contributed by atoms with Crippen LogP contribution in [0.5, 0.6) is 5.75 Å². The molecule has 2 aromatic carbocycles. The van der Waals surface area contributed by atoms with Gasteiger partial charge in [0.05, 0.1) is 17.9 Å². The topological polar surface area (TPSA) is 73.6 Å². The SMILES string of the molecule is COCCOc1ccccc1C(=O)Nc1cc(N)ccc1F. The minimum Gasteiger partial charge on any atom is -0.490 e. The molecule has 0 saturated heterocycles. The summed E-state index contributed by atoms with van der Waals surface area (Å²) in [7, 11) is 1.56. The Hall–Kier alpha value is -2.60. The van der Waals surface area contributed by atoms with Gasteiger partial charge >= 0.3 is 0 Å². The molecule has 0 atom stereocenters. The number of rotatable bonds is 6. The van der Waals surface area contributed by atoms with Gasteiger partial charge in [0.2, 0.25) is 0 Å². The van der Waals surface area contributed by atoms with Crippen LogP contribution < -0.4 is 15.8 Å². The number of amides is 1. The van der Waals surface area contributed by atoms with Gasteiger partial charge in [0.25, 0.3) is 5.91 Å². The smallest absolute Gasteiger partial charge is 0.259 e. The molecule has 3 N–H and O–H groups in total. The van der Waals surface area contributed by atoms with E-state index in [9.17, 15) is 9.18 Å². The van der Waals surface area contributed by atoms with Gasteiger partial charge in [0.15, 0.2) is 0 Å². The van der Waals surface area contributed by atoms with Gasteiger partial charge in [-0.25, -0.2) is 4.39 Å². The van der Waals surface area contributed by atoms with Crippen LogP contribution >= 0.6 is 0 Å². The van der Waals surface area contributed by atoms with Crippen LogP contribution in [0.25, 0.3) is 0 Å². The summed E-state index contributed by atoms with van der Waals surface area (Å²) in [6.07, 6.45) is 0. The number of nitrogens with two attached hydrogens (primary N) is 1. The normalized spacial score (nSPS) is 10.3. The molecule has 0 aliphatic rings. The summed E-state index contributed by atoms with van der Waals surface area (Å²) in [6, 6.07) is 10.7. The molecule has 0 bridgehead atoms. The van der Waals surface area contributed by atoms with E-state index in [-0.39, 0.29) is 5.69 Å². The monoisotopic (exact) mass is 304 g/mol. The lowest BCUT2D eigenvalue weighted by molar-refractivity contribution is 0.101. The Balaban J connectivity index is 2.17. The summed E-state index contributed by atoms with van der Waals surface area (Å²) in [5.41, 5.74) is 6.29. The molecule has 0 heterocycles. The van der Waals surface area contributed by atoms with Crippen LogP contribution in [0.15, 0.2) is 42.5 Å². The maximum atomic E-state index is 13.7. The molecular formula is C16H17FN2O3. The Morgan fingerprint density at radius 3 is 2.77 bits per heavy atom. The summed E-state index contributed by atoms with van der Waals surface area (Å²) in [4.78, 5) is 12.3. The van der Waals surface area contributed by atoms with E-state index in [1.807, 2.05) is 0 Å². The second-order valence-corrected chi connectivity index (χ2v) is 4.53. The summed E-state index contributed by atoms with van der Waals surface area (Å²) in [5, 5.41) is 2.49. The highest BCUT2D eigenvalue weighted by Crippen LogP contribution is 2.22. The maximum Gasteiger partial charge on any atom is 0.259 e. The van der Waals surface area contributed by atoms with E-state index in [0.717, 1.165) is 0 Å². The van der Waals surface area contributed by atoms with Gasteiger partial charge < -0.3 is 20.5 Å². The van der Waals surface area contributed by atoms with Crippen molar-refractivity contribution in [1.82, 2.24) is 0 Å². The fraction of sp³-hybridized carbons (Fsp3) is 0.188. The third-order valence-electron chi connectivity index (χ3n) is 2.92. The van der Waals surface area contributed by atoms with Crippen molar-refractivity contribution in [2.24, 2.45) is 0 Å². The third-order valence-corrected chi connectivity index (χ3v) is 2.92. The summed E-state index contributed by atoms with van der Waals surface area (Å²) in [5.74, 6) is -0.626. The third kappa shape index (κ3) is 3.95. The fourth-order valence-electron chi connectivity index (χ4n) is 1.84. The van der Waals surface area contributed by atoms with Crippen molar-refractivity contribution >= 4 is 17.3 Å². The van der Waals surface area contributed by atoms with Gasteiger partial charge in [0.1, 0.15) is 18.2 Å². The van der Waals surface area contributed by atoms with Crippen molar-refractivity contribution in [2.45, 2.75) is 0 Å². The van der Waals surface area contributed by atoms with Crippen molar-refractivity contribution in [3.05, 3.63) is 53.8 Å². The zero-order valence-electron chi connectivity index (χ0n) is 12.1. The van der Waals surface area contributed by atoms with Crippen LogP contribution in [-0.2, 0) is 4.74 Å². The fourth-order valence-corrected chi connectivity index (χ4v) is 1.84. The molecule has 6 heteroatoms. The number of benzene rings is 2. The number of anilines is 2. The lowest BCUT2D eigenvalue weighted by Gasteiger charge is -2.12. The molecule has 2 rings (SSSR count). The molecule has 0 fully saturated rings. The maximum absolute atomic E-state index is 13.7. The number of methoxy groups -OCH3 is 1. The first-order valence-corrected chi connectivity index (χ1v) is 6.69. The van der Waals surface area contributed by atoms with Crippen LogP contribution in [0.4, 0.5) is 15.8 Å². The van der Waals surface area contributed by atoms with Crippen molar-refractivity contribution < 1.29 is 18.7 Å². The van der Waals surface area contributed by atoms with Gasteiger partial charge in [-0.05, 0) is 30.3 Å². The highest BCUT2D eigenvalue weighted by Gasteiger charge is 2.14. The van der Waals surface area contributed by atoms with Crippen LogP contribution in [0.2, 0.25) is 0 Å². The number of carbonyl (C=O) groups excluding carboxylic acids is 1. The van der Waals surface area contributed by atoms with Crippen LogP contribution in [0.3, 0.4) is 0 Å². The Morgan fingerprint density at radius 1 is 1.23 bits per heavy atom. The summed E-state index contributed by atoms with van der Waals surface area (Å²) in [6.45, 7) is 0.716. The number of ether oxygens (including phenoxy) is 2. The predicted octanol–water partition coefficient (Wildman–Crippen LogP) is 2.69. The van der Waals surface area contributed by atoms with Crippen LogP contribution in [0.1, 0.15) is 10.4 Å². The number of halogens is 1. The Morgan fingerprint density at radius 2 is 2.00 bits per heavy atom. The molecule has 116 valence electrons. The average Bonchev–Trinajstić information content (AvgIpc) is 2.51. The Bertz CT molecular complexity index is 662. The predicted molar refractivity (Wildman–Crippen MR) is 82.6 cm³/mol. The lowest BCUT2D eigenvalue weighted by atomic mass is 10.1. The quantitative estimate of drug-likeness (QED) is 0.635. The first-order chi connectivity index (χ1) is 10.6. The molecule has 0 aliphatic heterocycles. The molecule has 0 saturated carbocycles. The molecule has 1 amide bonds. The number of hydrogen-bond acceptors (Lipinski definition) is 4. The Kier molecular flexibility index (Phi) is 5.32. The second-order valence-electron chi connectivity index (χ2n) is 4.53. The molecular weight excluding hydrogens is 287 g/mol. The lowest BCUT2D eigenvalue weighted by Crippen LogP contribution is -2.15. The first-order valence-electron chi connectivity index (χ1n) is 6.69. The molecule has 0 unspecified atom stereocenters. The number of nitrogen functional groups attached to an aromatic ring is 1. The van der Waals surface area contributed by atoms with E-state index in [1.165, 1.54) is 18.2 Å². The largest absolute Gasteiger partial charge is 0.490 e. The van der Waals surface area contributed by atoms with Crippen LogP contribution in [0, 0.1) is 5.82 Å². The summed E-state index contributed by atoms with van der Waals surface area (Å²) < 4.78 is 24.1. The van der Waals surface area contributed by atoms with Crippen LogP contribution in [-0.4, -0.2) is 26.2 Å². The van der Waals surface area contributed by atoms with E-state index in [0.29, 0.717) is 30.2 Å². The van der Waals surface area contributed by atoms with E-state index in [2.05, 4.69) is 5.32 Å². The minimum atomic E-state index is -0.555. The van der Waals surface area contributed by atoms with E-state index in [1.54, 1.807) is 31.4 Å². The van der Waals surface area contributed by atoms with E-state index >= 15 is 0 Å². The standard InChI is InChI=1S/C16H17FN2O3/c1-21-8-9-22-15-5-3-2-4-12(15)16(20)19-14-10-11(18)6-7-13(14)17/h2-7,10H,8-9,18H2,1H3,(H,19,20). The number of nitrogens with one attached hydrogen (secondary N) is 1. The highest BCUT2D eigenvalue weighted by molar-refractivity contribution is 6.06. The average molecular weight is 304 g/mol. The molecule has 0 aromatic heterocycles.